The zero-order valence-electron chi connectivity index (χ0n) is 10.2. The Morgan fingerprint density at radius 1 is 1.47 bits per heavy atom. The molecule has 1 aromatic carbocycles. The number of methoxy groups -OCH3 is 1. The summed E-state index contributed by atoms with van der Waals surface area (Å²) < 4.78 is 5.07. The number of phenols is 1. The van der Waals surface area contributed by atoms with Gasteiger partial charge in [-0.15, -0.1) is 0 Å². The van der Waals surface area contributed by atoms with Gasteiger partial charge in [-0.05, 0) is 36.6 Å². The standard InChI is InChI=1S/C12H17NO4/c1-6-7(2)12(17-3)10(14)4-8(6)9(13)5-11(15)16/h4,9,14H,5,13H2,1-3H3,(H,15,16). The molecule has 0 radical (unpaired) electrons. The van der Waals surface area contributed by atoms with Crippen LogP contribution in [0.25, 0.3) is 0 Å². The van der Waals surface area contributed by atoms with Crippen LogP contribution in [0.1, 0.15) is 29.2 Å². The lowest BCUT2D eigenvalue weighted by atomic mass is 9.95. The second-order valence-corrected chi connectivity index (χ2v) is 3.97. The quantitative estimate of drug-likeness (QED) is 0.740. The Hall–Kier alpha value is -1.75. The van der Waals surface area contributed by atoms with Crippen molar-refractivity contribution in [1.29, 1.82) is 0 Å². The van der Waals surface area contributed by atoms with Gasteiger partial charge in [-0.25, -0.2) is 0 Å². The maximum Gasteiger partial charge on any atom is 0.305 e. The van der Waals surface area contributed by atoms with E-state index in [-0.39, 0.29) is 12.2 Å². The molecule has 1 atom stereocenters. The van der Waals surface area contributed by atoms with Crippen molar-refractivity contribution in [2.24, 2.45) is 5.73 Å². The van der Waals surface area contributed by atoms with Crippen LogP contribution in [-0.2, 0) is 4.79 Å². The Bertz CT molecular complexity index is 443. The van der Waals surface area contributed by atoms with Crippen LogP contribution in [0.5, 0.6) is 11.5 Å². The zero-order valence-corrected chi connectivity index (χ0v) is 10.2. The van der Waals surface area contributed by atoms with Gasteiger partial charge in [-0.2, -0.15) is 0 Å². The summed E-state index contributed by atoms with van der Waals surface area (Å²) in [5.74, 6) is -0.593. The van der Waals surface area contributed by atoms with E-state index in [4.69, 9.17) is 15.6 Å². The minimum Gasteiger partial charge on any atom is -0.504 e. The molecule has 0 saturated carbocycles. The van der Waals surface area contributed by atoms with Crippen LogP contribution in [0.15, 0.2) is 6.07 Å². The molecule has 0 fully saturated rings. The summed E-state index contributed by atoms with van der Waals surface area (Å²) in [7, 11) is 1.47. The number of carbonyl (C=O) groups is 1. The van der Waals surface area contributed by atoms with E-state index in [1.807, 2.05) is 6.92 Å². The minimum atomic E-state index is -0.968. The van der Waals surface area contributed by atoms with Gasteiger partial charge in [0, 0.05) is 6.04 Å². The van der Waals surface area contributed by atoms with Crippen LogP contribution < -0.4 is 10.5 Å². The molecule has 5 heteroatoms. The molecule has 94 valence electrons. The van der Waals surface area contributed by atoms with Crippen molar-refractivity contribution in [2.45, 2.75) is 26.3 Å². The van der Waals surface area contributed by atoms with Gasteiger partial charge in [0.05, 0.1) is 13.5 Å². The van der Waals surface area contributed by atoms with E-state index in [0.29, 0.717) is 11.3 Å². The maximum absolute atomic E-state index is 10.6. The number of carboxylic acid groups (broad SMARTS) is 1. The lowest BCUT2D eigenvalue weighted by Gasteiger charge is -2.18. The molecule has 1 rings (SSSR count). The third kappa shape index (κ3) is 2.68. The van der Waals surface area contributed by atoms with Crippen LogP contribution in [0.4, 0.5) is 0 Å². The first-order chi connectivity index (χ1) is 7.88. The van der Waals surface area contributed by atoms with E-state index in [0.717, 1.165) is 11.1 Å². The first-order valence-corrected chi connectivity index (χ1v) is 5.22. The van der Waals surface area contributed by atoms with Crippen molar-refractivity contribution in [3.05, 3.63) is 22.8 Å². The molecular formula is C12H17NO4. The number of hydrogen-bond donors (Lipinski definition) is 3. The predicted molar refractivity (Wildman–Crippen MR) is 63.3 cm³/mol. The minimum absolute atomic E-state index is 0.0218. The molecule has 0 heterocycles. The molecule has 0 aliphatic heterocycles. The van der Waals surface area contributed by atoms with Crippen LogP contribution >= 0.6 is 0 Å². The summed E-state index contributed by atoms with van der Waals surface area (Å²) in [5.41, 5.74) is 8.03. The number of phenolic OH excluding ortho intramolecular Hbond substituents is 1. The van der Waals surface area contributed by atoms with Crippen molar-refractivity contribution in [3.63, 3.8) is 0 Å². The molecule has 0 bridgehead atoms. The van der Waals surface area contributed by atoms with Crippen molar-refractivity contribution in [2.75, 3.05) is 7.11 Å². The van der Waals surface area contributed by atoms with Crippen LogP contribution in [0.2, 0.25) is 0 Å². The average molecular weight is 239 g/mol. The SMILES string of the molecule is COc1c(O)cc(C(N)CC(=O)O)c(C)c1C. The van der Waals surface area contributed by atoms with E-state index in [1.54, 1.807) is 6.92 Å². The highest BCUT2D eigenvalue weighted by Gasteiger charge is 2.18. The highest BCUT2D eigenvalue weighted by atomic mass is 16.5. The number of hydrogen-bond acceptors (Lipinski definition) is 4. The van der Waals surface area contributed by atoms with Gasteiger partial charge in [0.25, 0.3) is 0 Å². The highest BCUT2D eigenvalue weighted by Crippen LogP contribution is 2.36. The van der Waals surface area contributed by atoms with E-state index < -0.39 is 12.0 Å². The molecular weight excluding hydrogens is 222 g/mol. The summed E-state index contributed by atoms with van der Waals surface area (Å²) in [4.78, 5) is 10.6. The Balaban J connectivity index is 3.22. The van der Waals surface area contributed by atoms with E-state index in [1.165, 1.54) is 13.2 Å². The molecule has 0 aliphatic rings. The van der Waals surface area contributed by atoms with Crippen molar-refractivity contribution >= 4 is 5.97 Å². The molecule has 0 aliphatic carbocycles. The first-order valence-electron chi connectivity index (χ1n) is 5.22. The molecule has 0 aromatic heterocycles. The molecule has 0 spiro atoms. The average Bonchev–Trinajstić information content (AvgIpc) is 2.23. The largest absolute Gasteiger partial charge is 0.504 e. The molecule has 0 saturated heterocycles. The fraction of sp³-hybridized carbons (Fsp3) is 0.417. The van der Waals surface area contributed by atoms with Gasteiger partial charge in [-0.1, -0.05) is 0 Å². The van der Waals surface area contributed by atoms with Crippen molar-refractivity contribution in [3.8, 4) is 11.5 Å². The van der Waals surface area contributed by atoms with Crippen LogP contribution in [0.3, 0.4) is 0 Å². The number of rotatable bonds is 4. The normalized spacial score (nSPS) is 12.2. The van der Waals surface area contributed by atoms with Crippen molar-refractivity contribution in [1.82, 2.24) is 0 Å². The molecule has 4 N–H and O–H groups in total. The second kappa shape index (κ2) is 5.05. The Morgan fingerprint density at radius 3 is 2.53 bits per heavy atom. The summed E-state index contributed by atoms with van der Waals surface area (Å²) >= 11 is 0. The monoisotopic (exact) mass is 239 g/mol. The molecule has 5 nitrogen and oxygen atoms in total. The number of aliphatic carboxylic acids is 1. The predicted octanol–water partition coefficient (Wildman–Crippen LogP) is 1.49. The molecule has 1 aromatic rings. The molecule has 1 unspecified atom stereocenters. The number of carboxylic acids is 1. The van der Waals surface area contributed by atoms with Gasteiger partial charge < -0.3 is 20.7 Å². The number of aromatic hydroxyl groups is 1. The second-order valence-electron chi connectivity index (χ2n) is 3.97. The fourth-order valence-corrected chi connectivity index (χ4v) is 1.84. The van der Waals surface area contributed by atoms with Crippen molar-refractivity contribution < 1.29 is 19.7 Å². The van der Waals surface area contributed by atoms with Gasteiger partial charge in [0.2, 0.25) is 0 Å². The van der Waals surface area contributed by atoms with Gasteiger partial charge >= 0.3 is 5.97 Å². The lowest BCUT2D eigenvalue weighted by molar-refractivity contribution is -0.137. The van der Waals surface area contributed by atoms with E-state index in [9.17, 15) is 9.90 Å². The maximum atomic E-state index is 10.6. The number of benzene rings is 1. The Labute approximate surface area is 99.8 Å². The zero-order chi connectivity index (χ0) is 13.2. The Morgan fingerprint density at radius 2 is 2.06 bits per heavy atom. The van der Waals surface area contributed by atoms with Gasteiger partial charge in [0.15, 0.2) is 11.5 Å². The Kier molecular flexibility index (Phi) is 3.96. The van der Waals surface area contributed by atoms with Crippen LogP contribution in [-0.4, -0.2) is 23.3 Å². The highest BCUT2D eigenvalue weighted by molar-refractivity contribution is 5.68. The van der Waals surface area contributed by atoms with E-state index >= 15 is 0 Å². The summed E-state index contributed by atoms with van der Waals surface area (Å²) in [6.07, 6.45) is -0.175. The summed E-state index contributed by atoms with van der Waals surface area (Å²) in [6, 6.07) is 0.831. The number of ether oxygens (including phenoxy) is 1. The van der Waals surface area contributed by atoms with Gasteiger partial charge in [-0.3, -0.25) is 4.79 Å². The summed E-state index contributed by atoms with van der Waals surface area (Å²) in [6.45, 7) is 3.62. The lowest BCUT2D eigenvalue weighted by Crippen LogP contribution is -2.16. The third-order valence-electron chi connectivity index (χ3n) is 2.86. The van der Waals surface area contributed by atoms with E-state index in [2.05, 4.69) is 0 Å². The van der Waals surface area contributed by atoms with Gasteiger partial charge in [0.1, 0.15) is 0 Å². The fourth-order valence-electron chi connectivity index (χ4n) is 1.84. The molecule has 17 heavy (non-hydrogen) atoms. The third-order valence-corrected chi connectivity index (χ3v) is 2.86. The number of nitrogens with two attached hydrogens (primary N) is 1. The topological polar surface area (TPSA) is 92.8 Å². The first kappa shape index (κ1) is 13.3. The smallest absolute Gasteiger partial charge is 0.305 e. The molecule has 0 amide bonds. The van der Waals surface area contributed by atoms with Crippen LogP contribution in [0, 0.1) is 13.8 Å². The summed E-state index contributed by atoms with van der Waals surface area (Å²) in [5, 5.41) is 18.5.